The van der Waals surface area contributed by atoms with E-state index in [0.717, 1.165) is 30.8 Å². The van der Waals surface area contributed by atoms with Crippen LogP contribution in [0.1, 0.15) is 61.0 Å². The Hall–Kier alpha value is -2.18. The van der Waals surface area contributed by atoms with Gasteiger partial charge >= 0.3 is 0 Å². The number of H-pyrrole nitrogens is 2. The summed E-state index contributed by atoms with van der Waals surface area (Å²) in [6.07, 6.45) is 4.27. The number of aromatic nitrogens is 5. The van der Waals surface area contributed by atoms with Crippen molar-refractivity contribution in [3.8, 4) is 0 Å². The Kier molecular flexibility index (Phi) is 3.04. The Labute approximate surface area is 116 Å². The van der Waals surface area contributed by atoms with E-state index >= 15 is 0 Å². The lowest BCUT2D eigenvalue weighted by Gasteiger charge is -2.40. The number of rotatable bonds is 4. The Balaban J connectivity index is 1.77. The van der Waals surface area contributed by atoms with Crippen LogP contribution < -0.4 is 5.32 Å². The van der Waals surface area contributed by atoms with Gasteiger partial charge in [-0.05, 0) is 31.2 Å². The Morgan fingerprint density at radius 3 is 2.70 bits per heavy atom. The molecule has 20 heavy (non-hydrogen) atoms. The summed E-state index contributed by atoms with van der Waals surface area (Å²) < 4.78 is 0. The second-order valence-electron chi connectivity index (χ2n) is 5.59. The van der Waals surface area contributed by atoms with Crippen LogP contribution in [0, 0.1) is 0 Å². The molecular weight excluding hydrogens is 256 g/mol. The number of nitrogens with one attached hydrogen (secondary N) is 3. The van der Waals surface area contributed by atoms with Crippen LogP contribution in [0.25, 0.3) is 0 Å². The van der Waals surface area contributed by atoms with E-state index in [4.69, 9.17) is 0 Å². The fourth-order valence-electron chi connectivity index (χ4n) is 2.42. The zero-order valence-electron chi connectivity index (χ0n) is 11.6. The van der Waals surface area contributed by atoms with Gasteiger partial charge in [0.05, 0.1) is 5.54 Å². The molecule has 3 N–H and O–H groups in total. The lowest BCUT2D eigenvalue weighted by Crippen LogP contribution is -2.51. The lowest BCUT2D eigenvalue weighted by atomic mass is 9.76. The molecule has 7 nitrogen and oxygen atoms in total. The lowest BCUT2D eigenvalue weighted by molar-refractivity contribution is 0.0804. The largest absolute Gasteiger partial charge is 0.338 e. The molecule has 7 heteroatoms. The van der Waals surface area contributed by atoms with Gasteiger partial charge in [-0.15, -0.1) is 0 Å². The van der Waals surface area contributed by atoms with Gasteiger partial charge in [0, 0.05) is 5.69 Å². The molecule has 0 saturated heterocycles. The third kappa shape index (κ3) is 2.09. The van der Waals surface area contributed by atoms with Crippen molar-refractivity contribution in [2.24, 2.45) is 0 Å². The van der Waals surface area contributed by atoms with Gasteiger partial charge < -0.3 is 5.32 Å². The van der Waals surface area contributed by atoms with Crippen molar-refractivity contribution in [1.29, 1.82) is 0 Å². The van der Waals surface area contributed by atoms with Crippen LogP contribution in [0.2, 0.25) is 0 Å². The van der Waals surface area contributed by atoms with Gasteiger partial charge in [-0.25, -0.2) is 4.98 Å². The molecule has 2 heterocycles. The molecule has 1 amide bonds. The smallest absolute Gasteiger partial charge is 0.272 e. The molecule has 0 spiro atoms. The van der Waals surface area contributed by atoms with E-state index in [1.54, 1.807) is 6.07 Å². The zero-order chi connectivity index (χ0) is 14.2. The SMILES string of the molecule is CC(C)c1cc(C(=O)NC2(c3ncn[nH]3)CCC2)n[nH]1. The minimum atomic E-state index is -0.412. The fourth-order valence-corrected chi connectivity index (χ4v) is 2.42. The van der Waals surface area contributed by atoms with Crippen LogP contribution in [0.4, 0.5) is 0 Å². The summed E-state index contributed by atoms with van der Waals surface area (Å²) in [4.78, 5) is 16.5. The summed E-state index contributed by atoms with van der Waals surface area (Å²) >= 11 is 0. The van der Waals surface area contributed by atoms with Crippen molar-refractivity contribution in [3.63, 3.8) is 0 Å². The highest BCUT2D eigenvalue weighted by Gasteiger charge is 2.43. The highest BCUT2D eigenvalue weighted by molar-refractivity contribution is 5.93. The minimum Gasteiger partial charge on any atom is -0.338 e. The quantitative estimate of drug-likeness (QED) is 0.785. The van der Waals surface area contributed by atoms with Crippen LogP contribution >= 0.6 is 0 Å². The Morgan fingerprint density at radius 2 is 2.20 bits per heavy atom. The maximum atomic E-state index is 12.3. The predicted octanol–water partition coefficient (Wildman–Crippen LogP) is 1.46. The summed E-state index contributed by atoms with van der Waals surface area (Å²) in [5.74, 6) is 0.858. The van der Waals surface area contributed by atoms with Gasteiger partial charge in [0.2, 0.25) is 0 Å². The second kappa shape index (κ2) is 4.73. The number of amides is 1. The van der Waals surface area contributed by atoms with Gasteiger partial charge in [0.1, 0.15) is 17.8 Å². The molecule has 0 atom stereocenters. The summed E-state index contributed by atoms with van der Waals surface area (Å²) in [6.45, 7) is 4.11. The minimum absolute atomic E-state index is 0.177. The first kappa shape index (κ1) is 12.8. The van der Waals surface area contributed by atoms with E-state index in [2.05, 4.69) is 44.5 Å². The average Bonchev–Trinajstić information content (AvgIpc) is 3.03. The maximum Gasteiger partial charge on any atom is 0.272 e. The van der Waals surface area contributed by atoms with Crippen molar-refractivity contribution in [1.82, 2.24) is 30.7 Å². The number of hydrogen-bond donors (Lipinski definition) is 3. The van der Waals surface area contributed by atoms with Crippen LogP contribution in [-0.2, 0) is 5.54 Å². The van der Waals surface area contributed by atoms with Gasteiger partial charge in [0.25, 0.3) is 5.91 Å². The molecule has 1 saturated carbocycles. The second-order valence-corrected chi connectivity index (χ2v) is 5.59. The molecule has 1 aliphatic carbocycles. The third-order valence-corrected chi connectivity index (χ3v) is 3.88. The number of hydrogen-bond acceptors (Lipinski definition) is 4. The molecule has 1 fully saturated rings. The molecule has 0 aliphatic heterocycles. The zero-order valence-corrected chi connectivity index (χ0v) is 11.6. The van der Waals surface area contributed by atoms with Crippen LogP contribution in [0.3, 0.4) is 0 Å². The molecule has 0 radical (unpaired) electrons. The van der Waals surface area contributed by atoms with Crippen molar-refractivity contribution in [2.45, 2.75) is 44.6 Å². The van der Waals surface area contributed by atoms with E-state index in [9.17, 15) is 4.79 Å². The van der Waals surface area contributed by atoms with E-state index in [1.165, 1.54) is 6.33 Å². The first-order valence-electron chi connectivity index (χ1n) is 6.84. The standard InChI is InChI=1S/C13H18N6O/c1-8(2)9-6-10(18-17-9)11(20)16-13(4-3-5-13)12-14-7-15-19-12/h6-8H,3-5H2,1-2H3,(H,16,20)(H,17,18)(H,14,15,19). The number of carbonyl (C=O) groups is 1. The third-order valence-electron chi connectivity index (χ3n) is 3.88. The van der Waals surface area contributed by atoms with E-state index in [0.29, 0.717) is 11.6 Å². The van der Waals surface area contributed by atoms with E-state index in [1.807, 2.05) is 0 Å². The molecule has 2 aromatic heterocycles. The predicted molar refractivity (Wildman–Crippen MR) is 72.1 cm³/mol. The summed E-state index contributed by atoms with van der Waals surface area (Å²) in [7, 11) is 0. The average molecular weight is 274 g/mol. The highest BCUT2D eigenvalue weighted by atomic mass is 16.2. The normalized spacial score (nSPS) is 16.9. The Morgan fingerprint density at radius 1 is 1.40 bits per heavy atom. The molecule has 106 valence electrons. The maximum absolute atomic E-state index is 12.3. The molecule has 3 rings (SSSR count). The molecule has 1 aliphatic rings. The summed E-state index contributed by atoms with van der Waals surface area (Å²) in [6, 6.07) is 1.80. The Bertz CT molecular complexity index is 596. The fraction of sp³-hybridized carbons (Fsp3) is 0.538. The highest BCUT2D eigenvalue weighted by Crippen LogP contribution is 2.39. The first-order valence-corrected chi connectivity index (χ1v) is 6.84. The number of aromatic amines is 2. The van der Waals surface area contributed by atoms with Gasteiger partial charge in [-0.1, -0.05) is 13.8 Å². The summed E-state index contributed by atoms with van der Waals surface area (Å²) in [5.41, 5.74) is 0.960. The van der Waals surface area contributed by atoms with Gasteiger partial charge in [0.15, 0.2) is 0 Å². The van der Waals surface area contributed by atoms with Crippen molar-refractivity contribution < 1.29 is 4.79 Å². The van der Waals surface area contributed by atoms with Crippen LogP contribution in [-0.4, -0.2) is 31.3 Å². The number of nitrogens with zero attached hydrogens (tertiary/aromatic N) is 3. The van der Waals surface area contributed by atoms with Crippen molar-refractivity contribution in [2.75, 3.05) is 0 Å². The topological polar surface area (TPSA) is 99.3 Å². The van der Waals surface area contributed by atoms with Gasteiger partial charge in [-0.2, -0.15) is 10.2 Å². The molecule has 0 bridgehead atoms. The van der Waals surface area contributed by atoms with Crippen molar-refractivity contribution >= 4 is 5.91 Å². The van der Waals surface area contributed by atoms with Crippen LogP contribution in [0.5, 0.6) is 0 Å². The van der Waals surface area contributed by atoms with Crippen molar-refractivity contribution in [3.05, 3.63) is 29.6 Å². The van der Waals surface area contributed by atoms with Gasteiger partial charge in [-0.3, -0.25) is 15.0 Å². The molecule has 0 unspecified atom stereocenters. The van der Waals surface area contributed by atoms with Crippen LogP contribution in [0.15, 0.2) is 12.4 Å². The van der Waals surface area contributed by atoms with E-state index < -0.39 is 5.54 Å². The molecular formula is C13H18N6O. The van der Waals surface area contributed by atoms with E-state index in [-0.39, 0.29) is 5.91 Å². The first-order chi connectivity index (χ1) is 9.61. The molecule has 0 aromatic carbocycles. The molecule has 2 aromatic rings. The summed E-state index contributed by atoms with van der Waals surface area (Å²) in [5, 5.41) is 16.7. The monoisotopic (exact) mass is 274 g/mol. The number of carbonyl (C=O) groups excluding carboxylic acids is 1.